The molecule has 0 radical (unpaired) electrons. The molecule has 0 aliphatic heterocycles. The SMILES string of the molecule is O=C(/C=C(\[O-])c1ccc(Cl)c(F)c1)C1(C(F)(F)F)C(F)(F)C(F)(F)C(F)(F)C1(F)F. The molecule has 1 saturated carbocycles. The maximum absolute atomic E-state index is 13.9. The van der Waals surface area contributed by atoms with Crippen LogP contribution in [0.25, 0.3) is 5.76 Å². The second-order valence-corrected chi connectivity index (χ2v) is 6.45. The van der Waals surface area contributed by atoms with Crippen molar-refractivity contribution in [3.63, 3.8) is 0 Å². The molecule has 0 aromatic heterocycles. The second-order valence-electron chi connectivity index (χ2n) is 6.05. The number of ketones is 1. The van der Waals surface area contributed by atoms with Crippen LogP contribution in [-0.2, 0) is 4.79 Å². The maximum Gasteiger partial charge on any atom is 0.414 e. The van der Waals surface area contributed by atoms with E-state index in [1.165, 1.54) is 0 Å². The van der Waals surface area contributed by atoms with Gasteiger partial charge in [0.1, 0.15) is 5.82 Å². The Balaban J connectivity index is 2.83. The largest absolute Gasteiger partial charge is 0.872 e. The normalized spacial score (nSPS) is 24.0. The number of allylic oxidation sites excluding steroid dienone is 1. The molecule has 30 heavy (non-hydrogen) atoms. The summed E-state index contributed by atoms with van der Waals surface area (Å²) in [6.07, 6.45) is -8.54. The Morgan fingerprint density at radius 3 is 1.70 bits per heavy atom. The lowest BCUT2D eigenvalue weighted by Gasteiger charge is -2.37. The van der Waals surface area contributed by atoms with Gasteiger partial charge in [0.2, 0.25) is 0 Å². The molecule has 0 unspecified atom stereocenters. The van der Waals surface area contributed by atoms with Gasteiger partial charge in [-0.1, -0.05) is 23.4 Å². The van der Waals surface area contributed by atoms with E-state index in [0.717, 1.165) is 0 Å². The van der Waals surface area contributed by atoms with E-state index in [1.54, 1.807) is 0 Å². The molecule has 1 aromatic carbocycles. The van der Waals surface area contributed by atoms with Gasteiger partial charge in [-0.15, -0.1) is 0 Å². The second kappa shape index (κ2) is 6.44. The van der Waals surface area contributed by atoms with Crippen molar-refractivity contribution in [1.29, 1.82) is 0 Å². The number of carbonyl (C=O) groups is 1. The summed E-state index contributed by atoms with van der Waals surface area (Å²) < 4.78 is 162. The van der Waals surface area contributed by atoms with E-state index in [-0.39, 0.29) is 6.07 Å². The Morgan fingerprint density at radius 1 is 0.900 bits per heavy atom. The molecule has 0 atom stereocenters. The number of benzene rings is 1. The van der Waals surface area contributed by atoms with E-state index in [4.69, 9.17) is 11.6 Å². The van der Waals surface area contributed by atoms with E-state index in [2.05, 4.69) is 0 Å². The summed E-state index contributed by atoms with van der Waals surface area (Å²) >= 11 is 5.24. The van der Waals surface area contributed by atoms with Gasteiger partial charge in [-0.25, -0.2) is 4.39 Å². The van der Waals surface area contributed by atoms with Crippen LogP contribution in [0.15, 0.2) is 24.3 Å². The van der Waals surface area contributed by atoms with Crippen molar-refractivity contribution in [3.8, 4) is 0 Å². The first-order chi connectivity index (χ1) is 13.2. The van der Waals surface area contributed by atoms with Crippen LogP contribution in [0.2, 0.25) is 5.02 Å². The van der Waals surface area contributed by atoms with Gasteiger partial charge in [0.25, 0.3) is 5.41 Å². The molecule has 0 amide bonds. The van der Waals surface area contributed by atoms with Crippen molar-refractivity contribution >= 4 is 23.1 Å². The summed E-state index contributed by atoms with van der Waals surface area (Å²) in [5, 5.41) is 11.1. The van der Waals surface area contributed by atoms with Gasteiger partial charge in [-0.2, -0.15) is 48.3 Å². The predicted molar refractivity (Wildman–Crippen MR) is 72.7 cm³/mol. The standard InChI is InChI=1S/C15H5ClF12O2/c16-6-2-1-5(3-7(6)17)8(29)4-9(30)10(15(26,27)28)11(18,19)13(22,23)14(24,25)12(10,20)21/h1-4,29H/p-1/b8-4-. The smallest absolute Gasteiger partial charge is 0.414 e. The minimum atomic E-state index is -7.39. The quantitative estimate of drug-likeness (QED) is 0.353. The highest BCUT2D eigenvalue weighted by Crippen LogP contribution is 2.75. The first-order valence-corrected chi connectivity index (χ1v) is 7.56. The first-order valence-electron chi connectivity index (χ1n) is 7.18. The van der Waals surface area contributed by atoms with E-state index in [0.29, 0.717) is 12.1 Å². The highest BCUT2D eigenvalue weighted by molar-refractivity contribution is 6.30. The zero-order valence-electron chi connectivity index (χ0n) is 13.5. The Kier molecular flexibility index (Phi) is 5.18. The summed E-state index contributed by atoms with van der Waals surface area (Å²) in [5.74, 6) is -36.8. The molecule has 2 rings (SSSR count). The zero-order valence-corrected chi connectivity index (χ0v) is 14.3. The highest BCUT2D eigenvalue weighted by Gasteiger charge is 3.06. The molecule has 1 aliphatic carbocycles. The van der Waals surface area contributed by atoms with Gasteiger partial charge in [-0.3, -0.25) is 4.79 Å². The van der Waals surface area contributed by atoms with E-state index < -0.39 is 69.3 Å². The molecule has 0 saturated heterocycles. The fourth-order valence-corrected chi connectivity index (χ4v) is 2.95. The Bertz CT molecular complexity index is 893. The van der Waals surface area contributed by atoms with Crippen LogP contribution in [0.3, 0.4) is 0 Å². The van der Waals surface area contributed by atoms with Gasteiger partial charge in [0, 0.05) is 0 Å². The van der Waals surface area contributed by atoms with Gasteiger partial charge in [-0.05, 0) is 23.8 Å². The predicted octanol–water partition coefficient (Wildman–Crippen LogP) is 4.85. The van der Waals surface area contributed by atoms with Crippen molar-refractivity contribution in [2.24, 2.45) is 5.41 Å². The van der Waals surface area contributed by atoms with Crippen LogP contribution < -0.4 is 5.11 Å². The summed E-state index contributed by atoms with van der Waals surface area (Å²) in [6.45, 7) is 0. The van der Waals surface area contributed by atoms with Crippen LogP contribution in [0.4, 0.5) is 52.7 Å². The molecule has 1 aliphatic rings. The number of carbonyl (C=O) groups excluding carboxylic acids is 1. The monoisotopic (exact) mass is 479 g/mol. The van der Waals surface area contributed by atoms with E-state index >= 15 is 0 Å². The van der Waals surface area contributed by atoms with Crippen molar-refractivity contribution in [2.75, 3.05) is 0 Å². The van der Waals surface area contributed by atoms with Crippen LogP contribution in [0.5, 0.6) is 0 Å². The molecule has 168 valence electrons. The molecular formula is C15H4ClF12O2-. The fourth-order valence-electron chi connectivity index (χ4n) is 2.83. The van der Waals surface area contributed by atoms with Crippen LogP contribution in [0, 0.1) is 11.2 Å². The van der Waals surface area contributed by atoms with Crippen molar-refractivity contribution < 1.29 is 62.6 Å². The van der Waals surface area contributed by atoms with Crippen LogP contribution in [0.1, 0.15) is 5.56 Å². The third-order valence-corrected chi connectivity index (χ3v) is 4.69. The molecule has 2 nitrogen and oxygen atoms in total. The van der Waals surface area contributed by atoms with Crippen LogP contribution >= 0.6 is 11.6 Å². The minimum absolute atomic E-state index is 0.142. The zero-order chi connectivity index (χ0) is 23.7. The highest BCUT2D eigenvalue weighted by atomic mass is 35.5. The summed E-state index contributed by atoms with van der Waals surface area (Å²) in [7, 11) is 0. The molecule has 1 aromatic rings. The molecule has 0 spiro atoms. The van der Waals surface area contributed by atoms with Gasteiger partial charge >= 0.3 is 29.9 Å². The van der Waals surface area contributed by atoms with E-state index in [9.17, 15) is 62.6 Å². The van der Waals surface area contributed by atoms with Crippen molar-refractivity contribution in [3.05, 3.63) is 40.7 Å². The summed E-state index contributed by atoms with van der Waals surface area (Å²) in [4.78, 5) is 11.8. The lowest BCUT2D eigenvalue weighted by Crippen LogP contribution is -2.64. The van der Waals surface area contributed by atoms with Crippen molar-refractivity contribution in [2.45, 2.75) is 29.9 Å². The van der Waals surface area contributed by atoms with Crippen LogP contribution in [-0.4, -0.2) is 35.6 Å². The maximum atomic E-state index is 13.9. The lowest BCUT2D eigenvalue weighted by molar-refractivity contribution is -0.341. The average Bonchev–Trinajstić information content (AvgIpc) is 2.61. The number of halogens is 13. The number of rotatable bonds is 3. The third kappa shape index (κ3) is 2.57. The molecule has 15 heteroatoms. The molecule has 0 bridgehead atoms. The molecule has 0 N–H and O–H groups in total. The first kappa shape index (κ1) is 24.2. The molecular weight excluding hydrogens is 476 g/mol. The number of hydrogen-bond donors (Lipinski definition) is 0. The summed E-state index contributed by atoms with van der Waals surface area (Å²) in [5.41, 5.74) is -8.11. The van der Waals surface area contributed by atoms with E-state index in [1.807, 2.05) is 0 Å². The molecule has 1 fully saturated rings. The Morgan fingerprint density at radius 2 is 1.33 bits per heavy atom. The summed E-state index contributed by atoms with van der Waals surface area (Å²) in [6, 6.07) is 1.23. The molecule has 0 heterocycles. The van der Waals surface area contributed by atoms with Gasteiger partial charge in [0.15, 0.2) is 5.78 Å². The van der Waals surface area contributed by atoms with Gasteiger partial charge < -0.3 is 5.11 Å². The lowest BCUT2D eigenvalue weighted by atomic mass is 9.74. The third-order valence-electron chi connectivity index (χ3n) is 4.39. The Labute approximate surface area is 162 Å². The fraction of sp³-hybridized carbons (Fsp3) is 0.400. The topological polar surface area (TPSA) is 40.1 Å². The number of alkyl halides is 11. The number of hydrogen-bond acceptors (Lipinski definition) is 2. The average molecular weight is 480 g/mol. The van der Waals surface area contributed by atoms with Crippen molar-refractivity contribution in [1.82, 2.24) is 0 Å². The minimum Gasteiger partial charge on any atom is -0.872 e. The Hall–Kier alpha value is -2.12. The van der Waals surface area contributed by atoms with Gasteiger partial charge in [0.05, 0.1) is 5.02 Å².